The maximum absolute atomic E-state index is 12.3. The number of piperazine rings is 1. The van der Waals surface area contributed by atoms with Gasteiger partial charge in [-0.2, -0.15) is 0 Å². The van der Waals surface area contributed by atoms with Gasteiger partial charge in [0.05, 0.1) is 6.04 Å². The molecule has 1 aliphatic heterocycles. The molecule has 2 atom stereocenters. The third kappa shape index (κ3) is 2.66. The van der Waals surface area contributed by atoms with Gasteiger partial charge in [-0.05, 0) is 31.5 Å². The van der Waals surface area contributed by atoms with Gasteiger partial charge < -0.3 is 15.3 Å². The number of carbonyl (C=O) groups excluding carboxylic acids is 1. The first-order chi connectivity index (χ1) is 8.63. The van der Waals surface area contributed by atoms with E-state index < -0.39 is 0 Å². The van der Waals surface area contributed by atoms with E-state index in [0.717, 1.165) is 5.69 Å². The molecule has 0 aromatic heterocycles. The minimum atomic E-state index is -0.315. The van der Waals surface area contributed by atoms with Crippen LogP contribution in [0.15, 0.2) is 24.3 Å². The second-order valence-electron chi connectivity index (χ2n) is 4.51. The SMILES string of the molecule is CC1CNC(CCO)C(=O)N1c1cccc(Cl)c1. The lowest BCUT2D eigenvalue weighted by molar-refractivity contribution is -0.122. The first-order valence-electron chi connectivity index (χ1n) is 6.06. The van der Waals surface area contributed by atoms with Gasteiger partial charge >= 0.3 is 0 Å². The topological polar surface area (TPSA) is 52.6 Å². The van der Waals surface area contributed by atoms with Crippen molar-refractivity contribution < 1.29 is 9.90 Å². The number of halogens is 1. The van der Waals surface area contributed by atoms with Gasteiger partial charge in [0.2, 0.25) is 5.91 Å². The summed E-state index contributed by atoms with van der Waals surface area (Å²) in [7, 11) is 0. The molecule has 1 fully saturated rings. The molecule has 2 unspecified atom stereocenters. The average molecular weight is 269 g/mol. The van der Waals surface area contributed by atoms with E-state index in [0.29, 0.717) is 18.0 Å². The Kier molecular flexibility index (Phi) is 4.22. The molecule has 4 nitrogen and oxygen atoms in total. The number of hydrogen-bond donors (Lipinski definition) is 2. The van der Waals surface area contributed by atoms with Crippen LogP contribution in [-0.2, 0) is 4.79 Å². The number of anilines is 1. The van der Waals surface area contributed by atoms with E-state index in [-0.39, 0.29) is 24.6 Å². The molecule has 0 bridgehead atoms. The van der Waals surface area contributed by atoms with Crippen LogP contribution in [0, 0.1) is 0 Å². The molecule has 2 rings (SSSR count). The number of aliphatic hydroxyl groups is 1. The summed E-state index contributed by atoms with van der Waals surface area (Å²) in [4.78, 5) is 14.1. The lowest BCUT2D eigenvalue weighted by Gasteiger charge is -2.38. The number of amides is 1. The van der Waals surface area contributed by atoms with Crippen molar-refractivity contribution >= 4 is 23.2 Å². The molecule has 0 spiro atoms. The lowest BCUT2D eigenvalue weighted by atomic mass is 10.1. The molecule has 1 saturated heterocycles. The molecule has 0 aliphatic carbocycles. The fourth-order valence-electron chi connectivity index (χ4n) is 2.24. The molecule has 0 radical (unpaired) electrons. The summed E-state index contributed by atoms with van der Waals surface area (Å²) < 4.78 is 0. The molecule has 18 heavy (non-hydrogen) atoms. The second kappa shape index (κ2) is 5.69. The van der Waals surface area contributed by atoms with Gasteiger partial charge in [-0.15, -0.1) is 0 Å². The summed E-state index contributed by atoms with van der Waals surface area (Å²) in [5.74, 6) is -0.00920. The monoisotopic (exact) mass is 268 g/mol. The second-order valence-corrected chi connectivity index (χ2v) is 4.95. The van der Waals surface area contributed by atoms with E-state index >= 15 is 0 Å². The predicted molar refractivity (Wildman–Crippen MR) is 71.9 cm³/mol. The highest BCUT2D eigenvalue weighted by Crippen LogP contribution is 2.24. The zero-order valence-corrected chi connectivity index (χ0v) is 11.0. The third-order valence-electron chi connectivity index (χ3n) is 3.14. The summed E-state index contributed by atoms with van der Waals surface area (Å²) in [6.07, 6.45) is 0.433. The van der Waals surface area contributed by atoms with E-state index in [1.165, 1.54) is 0 Å². The molecular weight excluding hydrogens is 252 g/mol. The standard InChI is InChI=1S/C13H17ClN2O2/c1-9-8-15-12(5-6-17)13(18)16(9)11-4-2-3-10(14)7-11/h2-4,7,9,12,15,17H,5-6,8H2,1H3. The summed E-state index contributed by atoms with van der Waals surface area (Å²) in [5, 5.41) is 12.7. The number of nitrogens with one attached hydrogen (secondary N) is 1. The first-order valence-corrected chi connectivity index (χ1v) is 6.44. The Hall–Kier alpha value is -1.10. The highest BCUT2D eigenvalue weighted by Gasteiger charge is 2.33. The van der Waals surface area contributed by atoms with Crippen molar-refractivity contribution in [2.24, 2.45) is 0 Å². The van der Waals surface area contributed by atoms with Crippen LogP contribution in [0.4, 0.5) is 5.69 Å². The Morgan fingerprint density at radius 2 is 2.33 bits per heavy atom. The van der Waals surface area contributed by atoms with Crippen LogP contribution in [0.25, 0.3) is 0 Å². The number of carbonyl (C=O) groups is 1. The number of hydrogen-bond acceptors (Lipinski definition) is 3. The fourth-order valence-corrected chi connectivity index (χ4v) is 2.42. The van der Waals surface area contributed by atoms with Gasteiger partial charge in [-0.3, -0.25) is 4.79 Å². The molecule has 1 amide bonds. The van der Waals surface area contributed by atoms with Crippen LogP contribution in [0.3, 0.4) is 0 Å². The Labute approximate surface area is 112 Å². The van der Waals surface area contributed by atoms with E-state index in [2.05, 4.69) is 5.32 Å². The number of rotatable bonds is 3. The van der Waals surface area contributed by atoms with Gasteiger partial charge in [0.15, 0.2) is 0 Å². The molecule has 1 heterocycles. The van der Waals surface area contributed by atoms with Crippen LogP contribution in [0.2, 0.25) is 5.02 Å². The molecule has 98 valence electrons. The van der Waals surface area contributed by atoms with Crippen molar-refractivity contribution in [3.05, 3.63) is 29.3 Å². The van der Waals surface area contributed by atoms with Crippen LogP contribution in [0.5, 0.6) is 0 Å². The minimum Gasteiger partial charge on any atom is -0.396 e. The van der Waals surface area contributed by atoms with Gasteiger partial charge in [-0.1, -0.05) is 17.7 Å². The molecule has 5 heteroatoms. The molecular formula is C13H17ClN2O2. The highest BCUT2D eigenvalue weighted by molar-refractivity contribution is 6.30. The smallest absolute Gasteiger partial charge is 0.244 e. The largest absolute Gasteiger partial charge is 0.396 e. The van der Waals surface area contributed by atoms with E-state index in [9.17, 15) is 4.79 Å². The van der Waals surface area contributed by atoms with Gasteiger partial charge in [0.1, 0.15) is 0 Å². The first kappa shape index (κ1) is 13.3. The zero-order chi connectivity index (χ0) is 13.1. The van der Waals surface area contributed by atoms with Crippen molar-refractivity contribution in [1.29, 1.82) is 0 Å². The Morgan fingerprint density at radius 3 is 3.00 bits per heavy atom. The van der Waals surface area contributed by atoms with Crippen LogP contribution >= 0.6 is 11.6 Å². The molecule has 2 N–H and O–H groups in total. The minimum absolute atomic E-state index is 0.00116. The molecule has 1 aromatic rings. The maximum Gasteiger partial charge on any atom is 0.244 e. The summed E-state index contributed by atoms with van der Waals surface area (Å²) in [5.41, 5.74) is 0.810. The number of nitrogens with zero attached hydrogens (tertiary/aromatic N) is 1. The van der Waals surface area contributed by atoms with Crippen LogP contribution in [0.1, 0.15) is 13.3 Å². The normalized spacial score (nSPS) is 24.4. The van der Waals surface area contributed by atoms with Crippen molar-refractivity contribution in [2.75, 3.05) is 18.1 Å². The third-order valence-corrected chi connectivity index (χ3v) is 3.38. The van der Waals surface area contributed by atoms with Gasteiger partial charge in [0, 0.05) is 29.9 Å². The van der Waals surface area contributed by atoms with E-state index in [4.69, 9.17) is 16.7 Å². The van der Waals surface area contributed by atoms with E-state index in [1.807, 2.05) is 19.1 Å². The number of benzene rings is 1. The average Bonchev–Trinajstić information content (AvgIpc) is 2.33. The predicted octanol–water partition coefficient (Wildman–Crippen LogP) is 1.42. The summed E-state index contributed by atoms with van der Waals surface area (Å²) in [6, 6.07) is 7.05. The molecule has 1 aromatic carbocycles. The fraction of sp³-hybridized carbons (Fsp3) is 0.462. The van der Waals surface area contributed by atoms with Gasteiger partial charge in [-0.25, -0.2) is 0 Å². The summed E-state index contributed by atoms with van der Waals surface area (Å²) in [6.45, 7) is 2.70. The van der Waals surface area contributed by atoms with Crippen LogP contribution in [-0.4, -0.2) is 36.2 Å². The number of aliphatic hydroxyl groups excluding tert-OH is 1. The highest BCUT2D eigenvalue weighted by atomic mass is 35.5. The molecule has 0 saturated carbocycles. The summed E-state index contributed by atoms with van der Waals surface area (Å²) >= 11 is 5.96. The van der Waals surface area contributed by atoms with Gasteiger partial charge in [0.25, 0.3) is 0 Å². The zero-order valence-electron chi connectivity index (χ0n) is 10.3. The van der Waals surface area contributed by atoms with Crippen molar-refractivity contribution in [1.82, 2.24) is 5.32 Å². The Balaban J connectivity index is 2.26. The quantitative estimate of drug-likeness (QED) is 0.872. The maximum atomic E-state index is 12.3. The van der Waals surface area contributed by atoms with Crippen molar-refractivity contribution in [2.45, 2.75) is 25.4 Å². The Bertz CT molecular complexity index is 439. The van der Waals surface area contributed by atoms with Crippen molar-refractivity contribution in [3.63, 3.8) is 0 Å². The Morgan fingerprint density at radius 1 is 1.56 bits per heavy atom. The van der Waals surface area contributed by atoms with Crippen molar-refractivity contribution in [3.8, 4) is 0 Å². The van der Waals surface area contributed by atoms with Crippen LogP contribution < -0.4 is 10.2 Å². The molecule has 1 aliphatic rings. The van der Waals surface area contributed by atoms with E-state index in [1.54, 1.807) is 17.0 Å². The lowest BCUT2D eigenvalue weighted by Crippen LogP contribution is -2.59.